The van der Waals surface area contributed by atoms with Gasteiger partial charge in [0.1, 0.15) is 18.1 Å². The molecule has 0 rings (SSSR count). The molecule has 0 aromatic carbocycles. The molecule has 12 nitrogen and oxygen atoms in total. The highest BCUT2D eigenvalue weighted by molar-refractivity contribution is 7.98. The summed E-state index contributed by atoms with van der Waals surface area (Å²) in [6.07, 6.45) is 3.17. The monoisotopic (exact) mass is 494 g/mol. The fraction of sp³-hybridized carbons (Fsp3) is 0.722. The normalized spacial score (nSPS) is 14.5. The second-order valence-corrected chi connectivity index (χ2v) is 8.40. The number of carboxylic acid groups (broad SMARTS) is 1. The number of hydrogen-bond donors (Lipinski definition) is 8. The number of thiol groups is 1. The first-order valence-corrected chi connectivity index (χ1v) is 12.1. The maximum atomic E-state index is 12.7. The molecule has 0 saturated carbocycles. The van der Waals surface area contributed by atoms with Gasteiger partial charge in [0.2, 0.25) is 23.6 Å². The SMILES string of the molecule is CSCCC(NC(=O)C(CS)NC(=O)C(N)CCCCN)C(=O)NC(CC(N)=O)C(=O)O. The molecule has 4 atom stereocenters. The summed E-state index contributed by atoms with van der Waals surface area (Å²) in [4.78, 5) is 59.8. The zero-order chi connectivity index (χ0) is 24.7. The van der Waals surface area contributed by atoms with Gasteiger partial charge in [0.25, 0.3) is 0 Å². The van der Waals surface area contributed by atoms with E-state index >= 15 is 0 Å². The molecule has 32 heavy (non-hydrogen) atoms. The molecule has 0 radical (unpaired) electrons. The predicted octanol–water partition coefficient (Wildman–Crippen LogP) is -2.46. The zero-order valence-electron chi connectivity index (χ0n) is 18.0. The summed E-state index contributed by atoms with van der Waals surface area (Å²) >= 11 is 5.50. The first-order valence-electron chi connectivity index (χ1n) is 10.0. The number of aliphatic carboxylic acids is 1. The van der Waals surface area contributed by atoms with Crippen molar-refractivity contribution in [2.75, 3.05) is 24.3 Å². The lowest BCUT2D eigenvalue weighted by Crippen LogP contribution is -2.58. The van der Waals surface area contributed by atoms with E-state index in [1.807, 2.05) is 0 Å². The summed E-state index contributed by atoms with van der Waals surface area (Å²) in [5.41, 5.74) is 16.3. The van der Waals surface area contributed by atoms with Gasteiger partial charge in [0, 0.05) is 5.75 Å². The Kier molecular flexibility index (Phi) is 15.5. The molecule has 184 valence electrons. The number of primary amides is 1. The Hall–Kier alpha value is -2.03. The van der Waals surface area contributed by atoms with Gasteiger partial charge in [0.15, 0.2) is 0 Å². The lowest BCUT2D eigenvalue weighted by Gasteiger charge is -2.24. The fourth-order valence-electron chi connectivity index (χ4n) is 2.56. The number of carboxylic acids is 1. The average Bonchev–Trinajstić information content (AvgIpc) is 2.73. The van der Waals surface area contributed by atoms with Crippen LogP contribution in [0.25, 0.3) is 0 Å². The minimum Gasteiger partial charge on any atom is -0.480 e. The van der Waals surface area contributed by atoms with Crippen molar-refractivity contribution in [1.29, 1.82) is 0 Å². The second kappa shape index (κ2) is 16.6. The second-order valence-electron chi connectivity index (χ2n) is 7.05. The number of rotatable bonds is 17. The highest BCUT2D eigenvalue weighted by Gasteiger charge is 2.30. The van der Waals surface area contributed by atoms with Gasteiger partial charge in [-0.2, -0.15) is 24.4 Å². The lowest BCUT2D eigenvalue weighted by molar-refractivity contribution is -0.143. The minimum absolute atomic E-state index is 0.0522. The van der Waals surface area contributed by atoms with E-state index < -0.39 is 60.2 Å². The Bertz CT molecular complexity index is 653. The van der Waals surface area contributed by atoms with Crippen molar-refractivity contribution in [3.05, 3.63) is 0 Å². The Labute approximate surface area is 196 Å². The molecule has 0 aliphatic carbocycles. The van der Waals surface area contributed by atoms with Gasteiger partial charge in [-0.1, -0.05) is 6.42 Å². The minimum atomic E-state index is -1.53. The van der Waals surface area contributed by atoms with Gasteiger partial charge in [-0.15, -0.1) is 0 Å². The molecule has 0 aromatic rings. The molecule has 0 aliphatic heterocycles. The van der Waals surface area contributed by atoms with Gasteiger partial charge >= 0.3 is 5.97 Å². The summed E-state index contributed by atoms with van der Waals surface area (Å²) in [6.45, 7) is 0.484. The van der Waals surface area contributed by atoms with Crippen molar-refractivity contribution in [2.24, 2.45) is 17.2 Å². The van der Waals surface area contributed by atoms with Gasteiger partial charge < -0.3 is 38.3 Å². The van der Waals surface area contributed by atoms with Crippen LogP contribution in [0.2, 0.25) is 0 Å². The van der Waals surface area contributed by atoms with Crippen molar-refractivity contribution in [3.63, 3.8) is 0 Å². The van der Waals surface area contributed by atoms with Crippen LogP contribution in [0, 0.1) is 0 Å². The van der Waals surface area contributed by atoms with E-state index in [-0.39, 0.29) is 12.2 Å². The molecule has 10 N–H and O–H groups in total. The van der Waals surface area contributed by atoms with Crippen LogP contribution in [0.4, 0.5) is 0 Å². The number of carbonyl (C=O) groups excluding carboxylic acids is 4. The van der Waals surface area contributed by atoms with E-state index in [1.54, 1.807) is 6.26 Å². The van der Waals surface area contributed by atoms with Crippen molar-refractivity contribution in [2.45, 2.75) is 56.3 Å². The highest BCUT2D eigenvalue weighted by Crippen LogP contribution is 2.05. The van der Waals surface area contributed by atoms with Crippen LogP contribution in [0.15, 0.2) is 0 Å². The number of unbranched alkanes of at least 4 members (excludes halogenated alkanes) is 1. The van der Waals surface area contributed by atoms with Crippen molar-refractivity contribution in [3.8, 4) is 0 Å². The van der Waals surface area contributed by atoms with Gasteiger partial charge in [-0.25, -0.2) is 4.79 Å². The largest absolute Gasteiger partial charge is 0.480 e. The van der Waals surface area contributed by atoms with Crippen LogP contribution >= 0.6 is 24.4 Å². The summed E-state index contributed by atoms with van der Waals surface area (Å²) in [5.74, 6) is -3.90. The summed E-state index contributed by atoms with van der Waals surface area (Å²) in [7, 11) is 0. The predicted molar refractivity (Wildman–Crippen MR) is 125 cm³/mol. The van der Waals surface area contributed by atoms with E-state index in [0.29, 0.717) is 25.1 Å². The van der Waals surface area contributed by atoms with Crippen molar-refractivity contribution in [1.82, 2.24) is 16.0 Å². The van der Waals surface area contributed by atoms with E-state index in [2.05, 4.69) is 28.6 Å². The maximum Gasteiger partial charge on any atom is 0.326 e. The van der Waals surface area contributed by atoms with Crippen LogP contribution in [0.3, 0.4) is 0 Å². The standard InChI is InChI=1S/C18H34N6O6S2/c1-32-7-5-11(16(27)23-12(18(29)30)8-14(21)25)22-17(28)13(9-31)24-15(26)10(20)4-2-3-6-19/h10-13,31H,2-9,19-20H2,1H3,(H2,21,25)(H,22,28)(H,23,27)(H,24,26)(H,29,30). The molecule has 0 bridgehead atoms. The molecular formula is C18H34N6O6S2. The number of amides is 4. The summed E-state index contributed by atoms with van der Waals surface area (Å²) in [5, 5.41) is 16.4. The Balaban J connectivity index is 5.14. The molecule has 0 heterocycles. The first kappa shape index (κ1) is 30.0. The van der Waals surface area contributed by atoms with E-state index in [1.165, 1.54) is 11.8 Å². The highest BCUT2D eigenvalue weighted by atomic mass is 32.2. The molecule has 0 fully saturated rings. The molecule has 14 heteroatoms. The number of thioether (sulfide) groups is 1. The van der Waals surface area contributed by atoms with Crippen LogP contribution in [-0.2, 0) is 24.0 Å². The molecule has 0 spiro atoms. The van der Waals surface area contributed by atoms with Crippen LogP contribution in [0.1, 0.15) is 32.1 Å². The third-order valence-corrected chi connectivity index (χ3v) is 5.39. The van der Waals surface area contributed by atoms with Crippen molar-refractivity contribution >= 4 is 54.0 Å². The zero-order valence-corrected chi connectivity index (χ0v) is 19.8. The third-order valence-electron chi connectivity index (χ3n) is 4.39. The van der Waals surface area contributed by atoms with Crippen LogP contribution < -0.4 is 33.2 Å². The molecule has 4 amide bonds. The topological polar surface area (TPSA) is 220 Å². The number of nitrogens with two attached hydrogens (primary N) is 3. The Morgan fingerprint density at radius 1 is 0.938 bits per heavy atom. The smallest absolute Gasteiger partial charge is 0.326 e. The summed E-state index contributed by atoms with van der Waals surface area (Å²) in [6, 6.07) is -4.50. The van der Waals surface area contributed by atoms with Gasteiger partial charge in [0.05, 0.1) is 12.5 Å². The molecule has 0 saturated heterocycles. The molecular weight excluding hydrogens is 460 g/mol. The van der Waals surface area contributed by atoms with Gasteiger partial charge in [-0.3, -0.25) is 19.2 Å². The lowest BCUT2D eigenvalue weighted by atomic mass is 10.1. The van der Waals surface area contributed by atoms with E-state index in [4.69, 9.17) is 17.2 Å². The fourth-order valence-corrected chi connectivity index (χ4v) is 3.29. The Morgan fingerprint density at radius 2 is 1.50 bits per heavy atom. The van der Waals surface area contributed by atoms with Gasteiger partial charge in [-0.05, 0) is 37.8 Å². The quantitative estimate of drug-likeness (QED) is 0.0792. The maximum absolute atomic E-state index is 12.7. The first-order chi connectivity index (χ1) is 15.1. The third kappa shape index (κ3) is 12.1. The summed E-state index contributed by atoms with van der Waals surface area (Å²) < 4.78 is 0. The van der Waals surface area contributed by atoms with Crippen LogP contribution in [0.5, 0.6) is 0 Å². The van der Waals surface area contributed by atoms with Crippen molar-refractivity contribution < 1.29 is 29.1 Å². The molecule has 0 aromatic heterocycles. The molecule has 0 aliphatic rings. The number of nitrogens with one attached hydrogen (secondary N) is 3. The average molecular weight is 495 g/mol. The van der Waals surface area contributed by atoms with E-state index in [9.17, 15) is 29.1 Å². The Morgan fingerprint density at radius 3 is 2.00 bits per heavy atom. The number of hydrogen-bond acceptors (Lipinski definition) is 9. The molecule has 4 unspecified atom stereocenters. The number of carbonyl (C=O) groups is 5. The van der Waals surface area contributed by atoms with Crippen LogP contribution in [-0.4, -0.2) is 83.2 Å². The van der Waals surface area contributed by atoms with E-state index in [0.717, 1.165) is 6.42 Å².